The van der Waals surface area contributed by atoms with Crippen LogP contribution in [0.25, 0.3) is 11.3 Å². The van der Waals surface area contributed by atoms with Crippen molar-refractivity contribution in [3.8, 4) is 17.0 Å². The second kappa shape index (κ2) is 7.32. The Morgan fingerprint density at radius 2 is 1.93 bits per heavy atom. The van der Waals surface area contributed by atoms with E-state index in [1.54, 1.807) is 24.3 Å². The molecule has 1 aromatic rings. The van der Waals surface area contributed by atoms with Crippen LogP contribution in [-0.2, 0) is 9.53 Å². The molecule has 2 heterocycles. The summed E-state index contributed by atoms with van der Waals surface area (Å²) in [5.41, 5.74) is 0.605. The number of aromatic amines is 1. The van der Waals surface area contributed by atoms with E-state index in [0.717, 1.165) is 0 Å². The first-order chi connectivity index (χ1) is 12.9. The van der Waals surface area contributed by atoms with Gasteiger partial charge in [0.05, 0.1) is 32.2 Å². The molecule has 0 amide bonds. The largest absolute Gasteiger partial charge is 0.497 e. The highest BCUT2D eigenvalue weighted by Gasteiger charge is 2.25. The summed E-state index contributed by atoms with van der Waals surface area (Å²) in [6.07, 6.45) is 2.66. The van der Waals surface area contributed by atoms with Gasteiger partial charge in [0.25, 0.3) is 5.56 Å². The average molecular weight is 371 g/mol. The molecule has 0 saturated carbocycles. The zero-order valence-electron chi connectivity index (χ0n) is 14.6. The van der Waals surface area contributed by atoms with E-state index in [4.69, 9.17) is 9.47 Å². The minimum atomic E-state index is -1.03. The first-order valence-electron chi connectivity index (χ1n) is 7.98. The van der Waals surface area contributed by atoms with Crippen molar-refractivity contribution in [2.45, 2.75) is 12.5 Å². The molecule has 27 heavy (non-hydrogen) atoms. The number of benzene rings is 1. The zero-order valence-corrected chi connectivity index (χ0v) is 14.6. The molecule has 1 atom stereocenters. The van der Waals surface area contributed by atoms with Crippen LogP contribution in [0.4, 0.5) is 0 Å². The normalized spacial score (nSPS) is 11.9. The van der Waals surface area contributed by atoms with Crippen molar-refractivity contribution < 1.29 is 24.2 Å². The van der Waals surface area contributed by atoms with E-state index in [9.17, 15) is 19.5 Å². The number of carboxylic acid groups (broad SMARTS) is 1. The highest BCUT2D eigenvalue weighted by atomic mass is 16.5. The van der Waals surface area contributed by atoms with E-state index in [0.29, 0.717) is 11.3 Å². The molecule has 0 aromatic heterocycles. The Kier molecular flexibility index (Phi) is 4.93. The van der Waals surface area contributed by atoms with Crippen molar-refractivity contribution in [1.82, 2.24) is 14.8 Å². The lowest BCUT2D eigenvalue weighted by atomic mass is 10.0. The number of aliphatic carboxylic acids is 1. The van der Waals surface area contributed by atoms with Gasteiger partial charge < -0.3 is 19.1 Å². The molecular weight excluding hydrogens is 354 g/mol. The summed E-state index contributed by atoms with van der Waals surface area (Å²) in [7, 11) is 2.75. The van der Waals surface area contributed by atoms with Gasteiger partial charge in [0.1, 0.15) is 17.0 Å². The first kappa shape index (κ1) is 18.2. The van der Waals surface area contributed by atoms with Crippen molar-refractivity contribution in [2.24, 2.45) is 0 Å². The van der Waals surface area contributed by atoms with E-state index in [2.05, 4.69) is 10.2 Å². The molecule has 2 aliphatic rings. The van der Waals surface area contributed by atoms with Gasteiger partial charge in [-0.3, -0.25) is 9.59 Å². The number of hydrogen-bond donors (Lipinski definition) is 2. The minimum Gasteiger partial charge on any atom is -0.497 e. The Morgan fingerprint density at radius 3 is 2.52 bits per heavy atom. The summed E-state index contributed by atoms with van der Waals surface area (Å²) in [4.78, 5) is 35.6. The average Bonchev–Trinajstić information content (AvgIpc) is 3.05. The minimum absolute atomic E-state index is 0.0669. The number of fused-ring (bicyclic) bond motifs is 1. The van der Waals surface area contributed by atoms with Crippen LogP contribution in [0.1, 0.15) is 28.4 Å². The molecule has 0 fully saturated rings. The summed E-state index contributed by atoms with van der Waals surface area (Å²) in [6.45, 7) is 0. The fourth-order valence-corrected chi connectivity index (χ4v) is 2.88. The quantitative estimate of drug-likeness (QED) is 0.630. The van der Waals surface area contributed by atoms with Crippen LogP contribution in [0.3, 0.4) is 0 Å². The Labute approximate surface area is 153 Å². The number of carbonyl (C=O) groups is 2. The number of esters is 1. The standard InChI is InChI=1S/C18H17N3O6/c1-26-11-5-3-10(4-6-11)14(7-15(22)23)21-8-12-16(19-20-17(12)24)13(9-21)18(25)27-2/h3-6,8-9,14H,7H2,1-2H3,(H,20,24)(H,22,23). The van der Waals surface area contributed by atoms with Crippen molar-refractivity contribution in [1.29, 1.82) is 0 Å². The summed E-state index contributed by atoms with van der Waals surface area (Å²) >= 11 is 0. The number of nitrogens with zero attached hydrogens (tertiary/aromatic N) is 2. The fraction of sp³-hybridized carbons (Fsp3) is 0.222. The van der Waals surface area contributed by atoms with Crippen LogP contribution in [0, 0.1) is 0 Å². The van der Waals surface area contributed by atoms with Gasteiger partial charge in [-0.25, -0.2) is 9.89 Å². The topological polar surface area (TPSA) is 124 Å². The monoisotopic (exact) mass is 371 g/mol. The molecule has 0 saturated heterocycles. The maximum atomic E-state index is 12.1. The molecule has 1 aromatic carbocycles. The van der Waals surface area contributed by atoms with Gasteiger partial charge in [0, 0.05) is 12.4 Å². The fourth-order valence-electron chi connectivity index (χ4n) is 2.88. The molecule has 3 rings (SSSR count). The van der Waals surface area contributed by atoms with Gasteiger partial charge in [-0.15, -0.1) is 0 Å². The molecule has 0 aliphatic carbocycles. The molecule has 0 radical (unpaired) electrons. The summed E-state index contributed by atoms with van der Waals surface area (Å²) < 4.78 is 11.4. The van der Waals surface area contributed by atoms with Crippen LogP contribution < -0.4 is 10.3 Å². The Hall–Kier alpha value is -3.62. The Morgan fingerprint density at radius 1 is 1.22 bits per heavy atom. The molecule has 1 unspecified atom stereocenters. The zero-order chi connectivity index (χ0) is 19.6. The maximum absolute atomic E-state index is 12.1. The first-order valence-corrected chi connectivity index (χ1v) is 7.98. The molecule has 2 N–H and O–H groups in total. The molecular formula is C18H17N3O6. The van der Waals surface area contributed by atoms with Gasteiger partial charge in [-0.05, 0) is 17.7 Å². The molecule has 2 aliphatic heterocycles. The van der Waals surface area contributed by atoms with E-state index in [1.165, 1.54) is 31.2 Å². The predicted molar refractivity (Wildman–Crippen MR) is 94.2 cm³/mol. The van der Waals surface area contributed by atoms with E-state index < -0.39 is 23.5 Å². The van der Waals surface area contributed by atoms with E-state index >= 15 is 0 Å². The number of aromatic nitrogens is 3. The number of rotatable bonds is 6. The number of H-pyrrole nitrogens is 1. The summed E-state index contributed by atoms with van der Waals surface area (Å²) in [5.74, 6) is -1.08. The number of methoxy groups -OCH3 is 2. The van der Waals surface area contributed by atoms with Crippen LogP contribution >= 0.6 is 0 Å². The highest BCUT2D eigenvalue weighted by molar-refractivity contribution is 5.96. The molecule has 9 heteroatoms. The van der Waals surface area contributed by atoms with Crippen molar-refractivity contribution >= 4 is 11.9 Å². The maximum Gasteiger partial charge on any atom is 0.341 e. The number of pyridine rings is 1. The second-order valence-electron chi connectivity index (χ2n) is 5.81. The third-order valence-corrected chi connectivity index (χ3v) is 4.21. The lowest BCUT2D eigenvalue weighted by Crippen LogP contribution is -2.19. The third-order valence-electron chi connectivity index (χ3n) is 4.21. The summed E-state index contributed by atoms with van der Waals surface area (Å²) in [6, 6.07) is 6.22. The number of nitrogens with one attached hydrogen (secondary N) is 1. The Balaban J connectivity index is 2.18. The summed E-state index contributed by atoms with van der Waals surface area (Å²) in [5, 5.41) is 15.5. The van der Waals surface area contributed by atoms with Crippen molar-refractivity contribution in [3.63, 3.8) is 0 Å². The third kappa shape index (κ3) is 3.52. The highest BCUT2D eigenvalue weighted by Crippen LogP contribution is 2.28. The van der Waals surface area contributed by atoms with Gasteiger partial charge in [-0.1, -0.05) is 12.1 Å². The lowest BCUT2D eigenvalue weighted by molar-refractivity contribution is -0.137. The van der Waals surface area contributed by atoms with Crippen LogP contribution in [0.5, 0.6) is 5.75 Å². The Bertz CT molecular complexity index is 1000. The number of carboxylic acids is 1. The van der Waals surface area contributed by atoms with Gasteiger partial charge in [0.2, 0.25) is 0 Å². The van der Waals surface area contributed by atoms with Gasteiger partial charge >= 0.3 is 11.9 Å². The van der Waals surface area contributed by atoms with Crippen LogP contribution in [0.2, 0.25) is 0 Å². The van der Waals surface area contributed by atoms with Gasteiger partial charge in [0.15, 0.2) is 0 Å². The van der Waals surface area contributed by atoms with Crippen LogP contribution in [-0.4, -0.2) is 46.0 Å². The lowest BCUT2D eigenvalue weighted by Gasteiger charge is -2.21. The molecule has 9 nitrogen and oxygen atoms in total. The SMILES string of the molecule is COC(=O)c1cn(C(CC(=O)O)c2ccc(OC)cc2)cc2c(=O)[nH]nc1-2. The second-order valence-corrected chi connectivity index (χ2v) is 5.81. The van der Waals surface area contributed by atoms with Gasteiger partial charge in [-0.2, -0.15) is 5.10 Å². The molecule has 140 valence electrons. The number of ether oxygens (including phenoxy) is 2. The van der Waals surface area contributed by atoms with Crippen molar-refractivity contribution in [3.05, 3.63) is 58.1 Å². The molecule has 0 spiro atoms. The van der Waals surface area contributed by atoms with Crippen LogP contribution in [0.15, 0.2) is 41.5 Å². The number of hydrogen-bond acceptors (Lipinski definition) is 6. The van der Waals surface area contributed by atoms with E-state index in [1.807, 2.05) is 0 Å². The smallest absolute Gasteiger partial charge is 0.341 e. The number of carbonyl (C=O) groups excluding carboxylic acids is 1. The molecule has 0 bridgehead atoms. The van der Waals surface area contributed by atoms with Crippen molar-refractivity contribution in [2.75, 3.05) is 14.2 Å². The van der Waals surface area contributed by atoms with E-state index in [-0.39, 0.29) is 23.2 Å². The predicted octanol–water partition coefficient (Wildman–Crippen LogP) is 1.54.